The molecule has 0 fully saturated rings. The van der Waals surface area contributed by atoms with Gasteiger partial charge in [0.25, 0.3) is 5.91 Å². The first-order chi connectivity index (χ1) is 21.7. The van der Waals surface area contributed by atoms with Crippen molar-refractivity contribution in [2.24, 2.45) is 17.1 Å². The number of primary amides is 1. The summed E-state index contributed by atoms with van der Waals surface area (Å²) in [5.41, 5.74) is 6.25. The molecule has 3 aromatic carbocycles. The number of rotatable bonds is 17. The highest BCUT2D eigenvalue weighted by atomic mass is 19.1. The lowest BCUT2D eigenvalue weighted by Crippen LogP contribution is -2.52. The molecule has 4 N–H and O–H groups in total. The van der Waals surface area contributed by atoms with Crippen LogP contribution in [0.2, 0.25) is 0 Å². The Morgan fingerprint density at radius 1 is 0.783 bits per heavy atom. The minimum absolute atomic E-state index is 0.0703. The van der Waals surface area contributed by atoms with Crippen molar-refractivity contribution in [1.82, 2.24) is 10.6 Å². The van der Waals surface area contributed by atoms with Crippen molar-refractivity contribution >= 4 is 35.1 Å². The van der Waals surface area contributed by atoms with E-state index in [2.05, 4.69) is 10.6 Å². The molecule has 10 heteroatoms. The van der Waals surface area contributed by atoms with Crippen molar-refractivity contribution in [2.75, 3.05) is 0 Å². The van der Waals surface area contributed by atoms with Crippen LogP contribution >= 0.6 is 0 Å². The predicted octanol–water partition coefficient (Wildman–Crippen LogP) is 3.46. The van der Waals surface area contributed by atoms with E-state index in [9.17, 15) is 33.2 Å². The van der Waals surface area contributed by atoms with Crippen LogP contribution in [0, 0.1) is 17.2 Å². The molecule has 3 amide bonds. The van der Waals surface area contributed by atoms with Gasteiger partial charge in [-0.05, 0) is 48.6 Å². The molecule has 0 heterocycles. The second-order valence-corrected chi connectivity index (χ2v) is 12.1. The van der Waals surface area contributed by atoms with Crippen molar-refractivity contribution in [1.29, 1.82) is 0 Å². The monoisotopic (exact) mass is 629 g/mol. The SMILES string of the molecule is CC(NC(=O)[C@@H](CC(=O)Cc1cccc(F)c1)Cc1ccccc1)C(=O)C(=O)N[C@@H](Cc1ccccc1)C(=O)CC(C)(C)C(N)=O. The van der Waals surface area contributed by atoms with Gasteiger partial charge in [0.05, 0.1) is 17.5 Å². The molecule has 3 aromatic rings. The van der Waals surface area contributed by atoms with Gasteiger partial charge < -0.3 is 16.4 Å². The first kappa shape index (κ1) is 35.5. The van der Waals surface area contributed by atoms with Gasteiger partial charge in [0, 0.05) is 25.2 Å². The molecule has 0 saturated heterocycles. The van der Waals surface area contributed by atoms with E-state index in [0.717, 1.165) is 11.1 Å². The van der Waals surface area contributed by atoms with E-state index in [4.69, 9.17) is 5.73 Å². The van der Waals surface area contributed by atoms with Crippen molar-refractivity contribution in [3.8, 4) is 0 Å². The lowest BCUT2D eigenvalue weighted by atomic mass is 9.84. The largest absolute Gasteiger partial charge is 0.369 e. The third kappa shape index (κ3) is 10.9. The highest BCUT2D eigenvalue weighted by molar-refractivity contribution is 6.38. The lowest BCUT2D eigenvalue weighted by molar-refractivity contribution is -0.141. The molecule has 1 unspecified atom stereocenters. The van der Waals surface area contributed by atoms with Crippen LogP contribution in [0.3, 0.4) is 0 Å². The summed E-state index contributed by atoms with van der Waals surface area (Å²) in [5.74, 6) is -5.48. The maximum Gasteiger partial charge on any atom is 0.290 e. The van der Waals surface area contributed by atoms with Crippen molar-refractivity contribution in [3.05, 3.63) is 107 Å². The molecule has 0 aliphatic heterocycles. The van der Waals surface area contributed by atoms with Crippen LogP contribution in [-0.4, -0.2) is 47.2 Å². The van der Waals surface area contributed by atoms with Crippen LogP contribution in [0.15, 0.2) is 84.9 Å². The van der Waals surface area contributed by atoms with Crippen LogP contribution in [0.25, 0.3) is 0 Å². The summed E-state index contributed by atoms with van der Waals surface area (Å²) in [6, 6.07) is 21.1. The third-order valence-corrected chi connectivity index (χ3v) is 7.70. The molecular formula is C36H40FN3O6. The number of nitrogens with two attached hydrogens (primary N) is 1. The van der Waals surface area contributed by atoms with E-state index in [1.807, 2.05) is 18.2 Å². The highest BCUT2D eigenvalue weighted by Crippen LogP contribution is 2.22. The minimum Gasteiger partial charge on any atom is -0.369 e. The van der Waals surface area contributed by atoms with Gasteiger partial charge in [-0.1, -0.05) is 86.6 Å². The average molecular weight is 630 g/mol. The Morgan fingerprint density at radius 2 is 1.35 bits per heavy atom. The summed E-state index contributed by atoms with van der Waals surface area (Å²) in [6.07, 6.45) is -0.242. The molecule has 0 aromatic heterocycles. The number of ketones is 3. The molecule has 242 valence electrons. The van der Waals surface area contributed by atoms with Crippen LogP contribution in [-0.2, 0) is 48.0 Å². The average Bonchev–Trinajstić information content (AvgIpc) is 3.00. The summed E-state index contributed by atoms with van der Waals surface area (Å²) in [6.45, 7) is 4.39. The number of nitrogens with one attached hydrogen (secondary N) is 2. The quantitative estimate of drug-likeness (QED) is 0.195. The molecule has 0 bridgehead atoms. The molecular weight excluding hydrogens is 589 g/mol. The van der Waals surface area contributed by atoms with Gasteiger partial charge in [0.15, 0.2) is 5.78 Å². The van der Waals surface area contributed by atoms with E-state index in [1.165, 1.54) is 39.0 Å². The first-order valence-electron chi connectivity index (χ1n) is 15.1. The normalized spacial score (nSPS) is 13.1. The highest BCUT2D eigenvalue weighted by Gasteiger charge is 2.34. The fraction of sp³-hybridized carbons (Fsp3) is 0.333. The zero-order chi connectivity index (χ0) is 33.9. The Labute approximate surface area is 268 Å². The molecule has 9 nitrogen and oxygen atoms in total. The van der Waals surface area contributed by atoms with Gasteiger partial charge in [0.2, 0.25) is 17.6 Å². The summed E-state index contributed by atoms with van der Waals surface area (Å²) in [4.78, 5) is 77.7. The van der Waals surface area contributed by atoms with Crippen LogP contribution in [0.1, 0.15) is 50.3 Å². The van der Waals surface area contributed by atoms with Gasteiger partial charge in [0.1, 0.15) is 11.6 Å². The topological polar surface area (TPSA) is 152 Å². The van der Waals surface area contributed by atoms with E-state index >= 15 is 0 Å². The van der Waals surface area contributed by atoms with Gasteiger partial charge in [-0.3, -0.25) is 28.8 Å². The van der Waals surface area contributed by atoms with Crippen LogP contribution in [0.5, 0.6) is 0 Å². The summed E-state index contributed by atoms with van der Waals surface area (Å²) in [5, 5.41) is 5.04. The lowest BCUT2D eigenvalue weighted by Gasteiger charge is -2.24. The molecule has 0 aliphatic rings. The molecule has 3 rings (SSSR count). The third-order valence-electron chi connectivity index (χ3n) is 7.70. The van der Waals surface area contributed by atoms with E-state index in [0.29, 0.717) is 5.56 Å². The molecule has 0 aliphatic carbocycles. The molecule has 0 radical (unpaired) electrons. The Hall–Kier alpha value is -4.99. The number of carbonyl (C=O) groups is 6. The maximum atomic E-state index is 13.6. The van der Waals surface area contributed by atoms with Gasteiger partial charge >= 0.3 is 0 Å². The number of carbonyl (C=O) groups excluding carboxylic acids is 6. The number of hydrogen-bond donors (Lipinski definition) is 3. The number of halogens is 1. The fourth-order valence-corrected chi connectivity index (χ4v) is 4.94. The maximum absolute atomic E-state index is 13.6. The van der Waals surface area contributed by atoms with E-state index < -0.39 is 58.5 Å². The van der Waals surface area contributed by atoms with Crippen molar-refractivity contribution < 1.29 is 33.2 Å². The molecule has 0 spiro atoms. The number of Topliss-reactive ketones (excluding diaryl/α,β-unsaturated/α-hetero) is 3. The zero-order valence-electron chi connectivity index (χ0n) is 26.3. The van der Waals surface area contributed by atoms with E-state index in [1.54, 1.807) is 48.5 Å². The van der Waals surface area contributed by atoms with Gasteiger partial charge in [-0.15, -0.1) is 0 Å². The first-order valence-corrected chi connectivity index (χ1v) is 15.1. The van der Waals surface area contributed by atoms with Gasteiger partial charge in [-0.25, -0.2) is 4.39 Å². The summed E-state index contributed by atoms with van der Waals surface area (Å²) >= 11 is 0. The van der Waals surface area contributed by atoms with Crippen molar-refractivity contribution in [3.63, 3.8) is 0 Å². The van der Waals surface area contributed by atoms with Crippen LogP contribution in [0.4, 0.5) is 4.39 Å². The molecule has 3 atom stereocenters. The fourth-order valence-electron chi connectivity index (χ4n) is 4.94. The minimum atomic E-state index is -1.28. The number of amides is 3. The summed E-state index contributed by atoms with van der Waals surface area (Å²) in [7, 11) is 0. The van der Waals surface area contributed by atoms with Crippen LogP contribution < -0.4 is 16.4 Å². The Kier molecular flexibility index (Phi) is 12.6. The summed E-state index contributed by atoms with van der Waals surface area (Å²) < 4.78 is 13.6. The standard InChI is InChI=1S/C36H40FN3O6/c1-23(32(43)34(45)40-30(20-25-13-8-5-9-14-25)31(42)22-36(2,3)35(38)46)39-33(44)27(17-24-11-6-4-7-12-24)21-29(41)19-26-15-10-16-28(37)18-26/h4-16,18,23,27,30H,17,19-22H2,1-3H3,(H2,38,46)(H,39,44)(H,40,45)/t23?,27-,30+/m1/s1. The Morgan fingerprint density at radius 3 is 1.91 bits per heavy atom. The van der Waals surface area contributed by atoms with Gasteiger partial charge in [-0.2, -0.15) is 0 Å². The molecule has 46 heavy (non-hydrogen) atoms. The van der Waals surface area contributed by atoms with Crippen molar-refractivity contribution in [2.45, 2.75) is 65.0 Å². The zero-order valence-corrected chi connectivity index (χ0v) is 26.3. The number of benzene rings is 3. The number of hydrogen-bond acceptors (Lipinski definition) is 6. The van der Waals surface area contributed by atoms with E-state index in [-0.39, 0.29) is 37.9 Å². The second kappa shape index (κ2) is 16.4. The Bertz CT molecular complexity index is 1560. The molecule has 0 saturated carbocycles. The smallest absolute Gasteiger partial charge is 0.290 e. The Balaban J connectivity index is 1.72. The second-order valence-electron chi connectivity index (χ2n) is 12.1. The predicted molar refractivity (Wildman–Crippen MR) is 171 cm³/mol.